The number of carbonyl (C=O) groups excluding carboxylic acids is 1. The molecule has 1 aromatic carbocycles. The van der Waals surface area contributed by atoms with Gasteiger partial charge in [0.1, 0.15) is 5.75 Å². The third-order valence-corrected chi connectivity index (χ3v) is 3.35. The summed E-state index contributed by atoms with van der Waals surface area (Å²) < 4.78 is 5.81. The Morgan fingerprint density at radius 3 is 3.00 bits per heavy atom. The van der Waals surface area contributed by atoms with E-state index in [4.69, 9.17) is 10.6 Å². The molecule has 1 unspecified atom stereocenters. The van der Waals surface area contributed by atoms with Gasteiger partial charge in [0, 0.05) is 6.42 Å². The van der Waals surface area contributed by atoms with E-state index in [0.29, 0.717) is 12.8 Å². The van der Waals surface area contributed by atoms with Crippen molar-refractivity contribution in [3.8, 4) is 5.75 Å². The average Bonchev–Trinajstić information content (AvgIpc) is 2.83. The van der Waals surface area contributed by atoms with Crippen molar-refractivity contribution in [2.24, 2.45) is 5.84 Å². The molecule has 0 saturated carbocycles. The summed E-state index contributed by atoms with van der Waals surface area (Å²) in [6, 6.07) is 6.29. The van der Waals surface area contributed by atoms with Crippen LogP contribution >= 0.6 is 0 Å². The van der Waals surface area contributed by atoms with Crippen molar-refractivity contribution >= 4 is 5.91 Å². The molecule has 1 amide bonds. The van der Waals surface area contributed by atoms with E-state index in [1.807, 2.05) is 13.0 Å². The number of hydrogen-bond donors (Lipinski definition) is 2. The highest BCUT2D eigenvalue weighted by atomic mass is 16.5. The van der Waals surface area contributed by atoms with E-state index >= 15 is 0 Å². The monoisotopic (exact) mass is 248 g/mol. The number of hydrazine groups is 1. The summed E-state index contributed by atoms with van der Waals surface area (Å²) in [7, 11) is 0. The molecule has 1 aromatic rings. The first-order valence-electron chi connectivity index (χ1n) is 6.47. The second kappa shape index (κ2) is 5.87. The maximum Gasteiger partial charge on any atom is 0.234 e. The Kier molecular flexibility index (Phi) is 4.20. The molecule has 18 heavy (non-hydrogen) atoms. The van der Waals surface area contributed by atoms with Gasteiger partial charge in [0.05, 0.1) is 6.10 Å². The minimum atomic E-state index is -0.153. The van der Waals surface area contributed by atoms with Crippen LogP contribution < -0.4 is 16.0 Å². The fourth-order valence-electron chi connectivity index (χ4n) is 2.32. The van der Waals surface area contributed by atoms with Crippen LogP contribution in [0.2, 0.25) is 0 Å². The normalized spacial score (nSPS) is 15.0. The van der Waals surface area contributed by atoms with E-state index in [9.17, 15) is 4.79 Å². The minimum absolute atomic E-state index is 0.0155. The van der Waals surface area contributed by atoms with Crippen LogP contribution in [0.25, 0.3) is 0 Å². The van der Waals surface area contributed by atoms with Crippen molar-refractivity contribution in [1.82, 2.24) is 5.43 Å². The number of hydrogen-bond acceptors (Lipinski definition) is 3. The van der Waals surface area contributed by atoms with Crippen molar-refractivity contribution in [2.75, 3.05) is 0 Å². The Morgan fingerprint density at radius 2 is 2.22 bits per heavy atom. The smallest absolute Gasteiger partial charge is 0.234 e. The number of nitrogens with two attached hydrogens (primary N) is 1. The Bertz CT molecular complexity index is 432. The number of carbonyl (C=O) groups is 1. The molecule has 0 bridgehead atoms. The van der Waals surface area contributed by atoms with Gasteiger partial charge in [-0.05, 0) is 55.9 Å². The highest BCUT2D eigenvalue weighted by Gasteiger charge is 2.13. The SMILES string of the molecule is CC(CCC(=O)NN)Oc1ccc2c(c1)CCC2. The Hall–Kier alpha value is -1.55. The summed E-state index contributed by atoms with van der Waals surface area (Å²) in [5, 5.41) is 0. The maximum atomic E-state index is 11.0. The first kappa shape index (κ1) is 12.9. The predicted octanol–water partition coefficient (Wildman–Crippen LogP) is 1.71. The lowest BCUT2D eigenvalue weighted by Crippen LogP contribution is -2.30. The molecule has 1 aliphatic rings. The number of ether oxygens (including phenoxy) is 1. The van der Waals surface area contributed by atoms with Gasteiger partial charge < -0.3 is 4.74 Å². The van der Waals surface area contributed by atoms with Crippen LogP contribution in [0, 0.1) is 0 Å². The highest BCUT2D eigenvalue weighted by molar-refractivity contribution is 5.75. The molecule has 4 nitrogen and oxygen atoms in total. The van der Waals surface area contributed by atoms with Crippen LogP contribution in [0.15, 0.2) is 18.2 Å². The lowest BCUT2D eigenvalue weighted by atomic mass is 10.1. The van der Waals surface area contributed by atoms with E-state index < -0.39 is 0 Å². The van der Waals surface area contributed by atoms with E-state index in [0.717, 1.165) is 12.2 Å². The molecule has 98 valence electrons. The molecule has 0 radical (unpaired) electrons. The van der Waals surface area contributed by atoms with Crippen molar-refractivity contribution in [1.29, 1.82) is 0 Å². The van der Waals surface area contributed by atoms with E-state index in [2.05, 4.69) is 17.6 Å². The van der Waals surface area contributed by atoms with Crippen molar-refractivity contribution in [3.05, 3.63) is 29.3 Å². The average molecular weight is 248 g/mol. The van der Waals surface area contributed by atoms with Gasteiger partial charge in [-0.3, -0.25) is 10.2 Å². The summed E-state index contributed by atoms with van der Waals surface area (Å²) in [6.45, 7) is 1.97. The predicted molar refractivity (Wildman–Crippen MR) is 70.1 cm³/mol. The van der Waals surface area contributed by atoms with Gasteiger partial charge in [-0.15, -0.1) is 0 Å². The summed E-state index contributed by atoms with van der Waals surface area (Å²) in [4.78, 5) is 11.0. The molecule has 1 atom stereocenters. The van der Waals surface area contributed by atoms with Gasteiger partial charge in [0.2, 0.25) is 5.91 Å². The van der Waals surface area contributed by atoms with Crippen LogP contribution in [0.4, 0.5) is 0 Å². The maximum absolute atomic E-state index is 11.0. The first-order valence-corrected chi connectivity index (χ1v) is 6.47. The van der Waals surface area contributed by atoms with Crippen LogP contribution in [0.1, 0.15) is 37.3 Å². The fraction of sp³-hybridized carbons (Fsp3) is 0.500. The third-order valence-electron chi connectivity index (χ3n) is 3.35. The van der Waals surface area contributed by atoms with Gasteiger partial charge >= 0.3 is 0 Å². The topological polar surface area (TPSA) is 64.4 Å². The van der Waals surface area contributed by atoms with Crippen molar-refractivity contribution < 1.29 is 9.53 Å². The quantitative estimate of drug-likeness (QED) is 0.473. The summed E-state index contributed by atoms with van der Waals surface area (Å²) >= 11 is 0. The molecule has 0 spiro atoms. The second-order valence-electron chi connectivity index (χ2n) is 4.82. The van der Waals surface area contributed by atoms with Gasteiger partial charge in [0.25, 0.3) is 0 Å². The zero-order chi connectivity index (χ0) is 13.0. The second-order valence-corrected chi connectivity index (χ2v) is 4.82. The fourth-order valence-corrected chi connectivity index (χ4v) is 2.32. The Morgan fingerprint density at radius 1 is 1.44 bits per heavy atom. The minimum Gasteiger partial charge on any atom is -0.491 e. The molecule has 0 aliphatic heterocycles. The number of aryl methyl sites for hydroxylation is 2. The number of nitrogens with one attached hydrogen (secondary N) is 1. The lowest BCUT2D eigenvalue weighted by Gasteiger charge is -2.15. The molecule has 1 aliphatic carbocycles. The van der Waals surface area contributed by atoms with Gasteiger partial charge in [-0.25, -0.2) is 5.84 Å². The number of fused-ring (bicyclic) bond motifs is 1. The Labute approximate surface area is 107 Å². The van der Waals surface area contributed by atoms with Gasteiger partial charge in [-0.2, -0.15) is 0 Å². The van der Waals surface area contributed by atoms with Crippen molar-refractivity contribution in [3.63, 3.8) is 0 Å². The van der Waals surface area contributed by atoms with Crippen LogP contribution in [-0.4, -0.2) is 12.0 Å². The largest absolute Gasteiger partial charge is 0.491 e. The molecular weight excluding hydrogens is 228 g/mol. The third kappa shape index (κ3) is 3.23. The molecule has 3 N–H and O–H groups in total. The molecule has 0 heterocycles. The van der Waals surface area contributed by atoms with Crippen LogP contribution in [0.3, 0.4) is 0 Å². The van der Waals surface area contributed by atoms with E-state index in [1.54, 1.807) is 0 Å². The number of rotatable bonds is 5. The molecule has 0 fully saturated rings. The molecule has 0 saturated heterocycles. The lowest BCUT2D eigenvalue weighted by molar-refractivity contribution is -0.121. The molecule has 2 rings (SSSR count). The van der Waals surface area contributed by atoms with Crippen molar-refractivity contribution in [2.45, 2.75) is 45.1 Å². The zero-order valence-electron chi connectivity index (χ0n) is 10.7. The summed E-state index contributed by atoms with van der Waals surface area (Å²) in [5.74, 6) is 5.78. The standard InChI is InChI=1S/C14H20N2O2/c1-10(5-8-14(17)16-15)18-13-7-6-11-3-2-4-12(11)9-13/h6-7,9-10H,2-5,8,15H2,1H3,(H,16,17). The molecule has 4 heteroatoms. The van der Waals surface area contributed by atoms with E-state index in [-0.39, 0.29) is 12.0 Å². The van der Waals surface area contributed by atoms with Gasteiger partial charge in [-0.1, -0.05) is 6.07 Å². The van der Waals surface area contributed by atoms with Gasteiger partial charge in [0.15, 0.2) is 0 Å². The van der Waals surface area contributed by atoms with Crippen LogP contribution in [0.5, 0.6) is 5.75 Å². The molecule has 0 aromatic heterocycles. The molecular formula is C14H20N2O2. The van der Waals surface area contributed by atoms with Crippen LogP contribution in [-0.2, 0) is 17.6 Å². The number of benzene rings is 1. The Balaban J connectivity index is 1.87. The highest BCUT2D eigenvalue weighted by Crippen LogP contribution is 2.26. The zero-order valence-corrected chi connectivity index (χ0v) is 10.7. The summed E-state index contributed by atoms with van der Waals surface area (Å²) in [6.07, 6.45) is 4.65. The summed E-state index contributed by atoms with van der Waals surface area (Å²) in [5.41, 5.74) is 4.97. The first-order chi connectivity index (χ1) is 8.69. The van der Waals surface area contributed by atoms with E-state index in [1.165, 1.54) is 24.0 Å². The number of amides is 1.